The van der Waals surface area contributed by atoms with Crippen molar-refractivity contribution in [1.29, 1.82) is 0 Å². The van der Waals surface area contributed by atoms with Crippen molar-refractivity contribution in [2.75, 3.05) is 37.0 Å². The van der Waals surface area contributed by atoms with Crippen LogP contribution < -0.4 is 15.0 Å². The largest absolute Gasteiger partial charge is 0.477 e. The van der Waals surface area contributed by atoms with E-state index in [0.29, 0.717) is 31.3 Å². The molecule has 0 aliphatic carbocycles. The van der Waals surface area contributed by atoms with Gasteiger partial charge in [-0.1, -0.05) is 0 Å². The van der Waals surface area contributed by atoms with Crippen LogP contribution in [0.15, 0.2) is 30.6 Å². The van der Waals surface area contributed by atoms with Crippen molar-refractivity contribution in [2.24, 2.45) is 7.05 Å². The Bertz CT molecular complexity index is 1270. The van der Waals surface area contributed by atoms with Gasteiger partial charge in [-0.2, -0.15) is 10.1 Å². The fourth-order valence-electron chi connectivity index (χ4n) is 4.06. The maximum Gasteiger partial charge on any atom is 0.410 e. The first kappa shape index (κ1) is 25.2. The topological polar surface area (TPSA) is 115 Å². The van der Waals surface area contributed by atoms with Gasteiger partial charge in [0.2, 0.25) is 11.8 Å². The molecule has 1 unspecified atom stereocenters. The fourth-order valence-corrected chi connectivity index (χ4v) is 4.06. The molecule has 4 rings (SSSR count). The normalized spacial score (nSPS) is 15.7. The van der Waals surface area contributed by atoms with Gasteiger partial charge in [-0.15, -0.1) is 0 Å². The molecule has 1 saturated heterocycles. The van der Waals surface area contributed by atoms with Gasteiger partial charge < -0.3 is 24.6 Å². The number of likely N-dealkylation sites (N-methyl/N-ethyl adjacent to an activating group) is 1. The molecule has 0 saturated carbocycles. The number of hydrogen-bond acceptors (Lipinski definition) is 8. The van der Waals surface area contributed by atoms with E-state index < -0.39 is 5.60 Å². The Kier molecular flexibility index (Phi) is 7.00. The van der Waals surface area contributed by atoms with E-state index in [1.54, 1.807) is 22.7 Å². The van der Waals surface area contributed by atoms with Crippen molar-refractivity contribution in [2.45, 2.75) is 45.8 Å². The van der Waals surface area contributed by atoms with E-state index in [1.165, 1.54) is 6.20 Å². The van der Waals surface area contributed by atoms with Gasteiger partial charge in [-0.3, -0.25) is 9.48 Å². The molecule has 0 radical (unpaired) electrons. The summed E-state index contributed by atoms with van der Waals surface area (Å²) < 4.78 is 12.9. The van der Waals surface area contributed by atoms with Gasteiger partial charge in [0.25, 0.3) is 5.91 Å². The van der Waals surface area contributed by atoms with E-state index in [1.807, 2.05) is 58.0 Å². The summed E-state index contributed by atoms with van der Waals surface area (Å²) in [7, 11) is 3.59. The molecule has 2 aromatic heterocycles. The van der Waals surface area contributed by atoms with Crippen molar-refractivity contribution in [3.8, 4) is 5.88 Å². The third-order valence-electron chi connectivity index (χ3n) is 5.82. The lowest BCUT2D eigenvalue weighted by Gasteiger charge is -2.28. The number of nitrogens with zero attached hydrogens (tertiary/aromatic N) is 6. The van der Waals surface area contributed by atoms with Crippen molar-refractivity contribution in [3.05, 3.63) is 36.2 Å². The number of fused-ring (bicyclic) bond motifs is 1. The van der Waals surface area contributed by atoms with Crippen LogP contribution in [0.3, 0.4) is 0 Å². The third-order valence-corrected chi connectivity index (χ3v) is 5.82. The standard InChI is InChI=1S/C25H33N7O4/c1-7-35-22-19(21(33)27-17-8-9-20-16(12-17)14-30(5)29-20)13-26-23(28-22)32-11-10-18(15-32)31(6)24(34)36-25(2,3)4/h8-9,12-14,18H,7,10-11,15H2,1-6H3,(H,27,33). The molecule has 36 heavy (non-hydrogen) atoms. The van der Waals surface area contributed by atoms with E-state index in [0.717, 1.165) is 17.3 Å². The Hall–Kier alpha value is -3.89. The van der Waals surface area contributed by atoms with Gasteiger partial charge >= 0.3 is 6.09 Å². The number of benzene rings is 1. The maximum atomic E-state index is 13.1. The number of carbonyl (C=O) groups excluding carboxylic acids is 2. The molecule has 0 bridgehead atoms. The smallest absolute Gasteiger partial charge is 0.410 e. The summed E-state index contributed by atoms with van der Waals surface area (Å²) in [6.07, 6.45) is 3.76. The van der Waals surface area contributed by atoms with E-state index in [4.69, 9.17) is 9.47 Å². The van der Waals surface area contributed by atoms with Crippen molar-refractivity contribution in [3.63, 3.8) is 0 Å². The summed E-state index contributed by atoms with van der Waals surface area (Å²) in [6, 6.07) is 5.48. The molecule has 1 aromatic carbocycles. The van der Waals surface area contributed by atoms with Crippen LogP contribution in [0, 0.1) is 0 Å². The SMILES string of the molecule is CCOc1nc(N2CCC(N(C)C(=O)OC(C)(C)C)C2)ncc1C(=O)Nc1ccc2nn(C)cc2c1. The van der Waals surface area contributed by atoms with Crippen molar-refractivity contribution >= 4 is 34.5 Å². The molecule has 3 aromatic rings. The third kappa shape index (κ3) is 5.67. The number of nitrogens with one attached hydrogen (secondary N) is 1. The lowest BCUT2D eigenvalue weighted by Crippen LogP contribution is -2.42. The predicted molar refractivity (Wildman–Crippen MR) is 136 cm³/mol. The minimum absolute atomic E-state index is 0.0376. The summed E-state index contributed by atoms with van der Waals surface area (Å²) in [5, 5.41) is 8.17. The van der Waals surface area contributed by atoms with Crippen LogP contribution in [0.4, 0.5) is 16.4 Å². The fraction of sp³-hybridized carbons (Fsp3) is 0.480. The number of hydrogen-bond donors (Lipinski definition) is 1. The highest BCUT2D eigenvalue weighted by molar-refractivity contribution is 6.06. The van der Waals surface area contributed by atoms with Crippen LogP contribution in [-0.2, 0) is 11.8 Å². The molecule has 3 heterocycles. The number of carbonyl (C=O) groups is 2. The highest BCUT2D eigenvalue weighted by atomic mass is 16.6. The first-order valence-corrected chi connectivity index (χ1v) is 12.0. The monoisotopic (exact) mass is 495 g/mol. The summed E-state index contributed by atoms with van der Waals surface area (Å²) in [5.41, 5.74) is 1.17. The zero-order valence-corrected chi connectivity index (χ0v) is 21.6. The second-order valence-corrected chi connectivity index (χ2v) is 9.83. The quantitative estimate of drug-likeness (QED) is 0.553. The number of ether oxygens (including phenoxy) is 2. The number of amides is 2. The second kappa shape index (κ2) is 10.00. The van der Waals surface area contributed by atoms with Crippen LogP contribution in [0.25, 0.3) is 10.9 Å². The van der Waals surface area contributed by atoms with Gasteiger partial charge in [-0.05, 0) is 52.3 Å². The highest BCUT2D eigenvalue weighted by Gasteiger charge is 2.32. The predicted octanol–water partition coefficient (Wildman–Crippen LogP) is 3.46. The van der Waals surface area contributed by atoms with Crippen LogP contribution in [-0.4, -0.2) is 75.0 Å². The van der Waals surface area contributed by atoms with Gasteiger partial charge in [0.1, 0.15) is 11.2 Å². The van der Waals surface area contributed by atoms with E-state index in [-0.39, 0.29) is 29.5 Å². The minimum Gasteiger partial charge on any atom is -0.477 e. The number of aromatic nitrogens is 4. The lowest BCUT2D eigenvalue weighted by molar-refractivity contribution is 0.0237. The molecular formula is C25H33N7O4. The first-order chi connectivity index (χ1) is 17.0. The minimum atomic E-state index is -0.556. The molecule has 2 amide bonds. The molecule has 11 heteroatoms. The highest BCUT2D eigenvalue weighted by Crippen LogP contribution is 2.25. The van der Waals surface area contributed by atoms with Crippen LogP contribution in [0.2, 0.25) is 0 Å². The van der Waals surface area contributed by atoms with E-state index in [2.05, 4.69) is 20.4 Å². The van der Waals surface area contributed by atoms with Crippen molar-refractivity contribution in [1.82, 2.24) is 24.6 Å². The summed E-state index contributed by atoms with van der Waals surface area (Å²) >= 11 is 0. The molecule has 1 N–H and O–H groups in total. The van der Waals surface area contributed by atoms with Crippen molar-refractivity contribution < 1.29 is 19.1 Å². The van der Waals surface area contributed by atoms with Gasteiger partial charge in [0.05, 0.1) is 18.2 Å². The second-order valence-electron chi connectivity index (χ2n) is 9.83. The zero-order chi connectivity index (χ0) is 26.0. The van der Waals surface area contributed by atoms with Gasteiger partial charge in [0, 0.05) is 50.7 Å². The molecule has 11 nitrogen and oxygen atoms in total. The van der Waals surface area contributed by atoms with Gasteiger partial charge in [0.15, 0.2) is 0 Å². The van der Waals surface area contributed by atoms with E-state index in [9.17, 15) is 9.59 Å². The maximum absolute atomic E-state index is 13.1. The van der Waals surface area contributed by atoms with E-state index >= 15 is 0 Å². The lowest BCUT2D eigenvalue weighted by atomic mass is 10.2. The van der Waals surface area contributed by atoms with Gasteiger partial charge in [-0.25, -0.2) is 9.78 Å². The molecular weight excluding hydrogens is 462 g/mol. The number of aryl methyl sites for hydroxylation is 1. The summed E-state index contributed by atoms with van der Waals surface area (Å²) in [5.74, 6) is 0.301. The van der Waals surface area contributed by atoms with Crippen LogP contribution in [0.5, 0.6) is 5.88 Å². The Labute approximate surface area is 210 Å². The molecule has 1 aliphatic heterocycles. The Morgan fingerprint density at radius 3 is 2.78 bits per heavy atom. The van der Waals surface area contributed by atoms with Crippen LogP contribution >= 0.6 is 0 Å². The Morgan fingerprint density at radius 1 is 1.28 bits per heavy atom. The van der Waals surface area contributed by atoms with Crippen LogP contribution in [0.1, 0.15) is 44.5 Å². The summed E-state index contributed by atoms with van der Waals surface area (Å²) in [6.45, 7) is 8.94. The Morgan fingerprint density at radius 2 is 2.06 bits per heavy atom. The number of anilines is 2. The number of rotatable bonds is 6. The average molecular weight is 496 g/mol. The molecule has 1 atom stereocenters. The summed E-state index contributed by atoms with van der Waals surface area (Å²) in [4.78, 5) is 38.1. The molecule has 0 spiro atoms. The molecule has 1 aliphatic rings. The first-order valence-electron chi connectivity index (χ1n) is 12.0. The Balaban J connectivity index is 1.47. The zero-order valence-electron chi connectivity index (χ0n) is 21.6. The molecule has 1 fully saturated rings. The molecule has 192 valence electrons. The average Bonchev–Trinajstić information content (AvgIpc) is 3.43.